The van der Waals surface area contributed by atoms with E-state index in [9.17, 15) is 4.79 Å². The van der Waals surface area contributed by atoms with Crippen LogP contribution in [0.4, 0.5) is 0 Å². The summed E-state index contributed by atoms with van der Waals surface area (Å²) in [5.74, 6) is 2.33. The van der Waals surface area contributed by atoms with E-state index < -0.39 is 0 Å². The predicted octanol–water partition coefficient (Wildman–Crippen LogP) is 3.83. The second-order valence-electron chi connectivity index (χ2n) is 6.45. The quantitative estimate of drug-likeness (QED) is 0.512. The van der Waals surface area contributed by atoms with Gasteiger partial charge in [0.05, 0.1) is 20.5 Å². The van der Waals surface area contributed by atoms with Gasteiger partial charge < -0.3 is 23.3 Å². The van der Waals surface area contributed by atoms with Crippen molar-refractivity contribution in [3.8, 4) is 22.9 Å². The van der Waals surface area contributed by atoms with E-state index in [1.54, 1.807) is 43.4 Å². The van der Waals surface area contributed by atoms with Gasteiger partial charge in [-0.2, -0.15) is 4.98 Å². The molecule has 3 aromatic rings. The third kappa shape index (κ3) is 4.96. The zero-order valence-electron chi connectivity index (χ0n) is 16.9. The fraction of sp³-hybridized carbons (Fsp3) is 0.381. The van der Waals surface area contributed by atoms with Gasteiger partial charge in [-0.3, -0.25) is 4.79 Å². The van der Waals surface area contributed by atoms with E-state index in [0.717, 1.165) is 18.4 Å². The molecule has 8 nitrogen and oxygen atoms in total. The van der Waals surface area contributed by atoms with Crippen molar-refractivity contribution < 1.29 is 23.2 Å². The molecule has 29 heavy (non-hydrogen) atoms. The summed E-state index contributed by atoms with van der Waals surface area (Å²) in [6.45, 7) is 3.20. The largest absolute Gasteiger partial charge is 0.493 e. The number of ether oxygens (including phenoxy) is 2. The average Bonchev–Trinajstić information content (AvgIpc) is 3.45. The topological polar surface area (TPSA) is 90.8 Å². The summed E-state index contributed by atoms with van der Waals surface area (Å²) in [5, 5.41) is 4.05. The molecular weight excluding hydrogens is 374 g/mol. The molecule has 1 aromatic carbocycles. The van der Waals surface area contributed by atoms with E-state index in [4.69, 9.17) is 18.4 Å². The van der Waals surface area contributed by atoms with E-state index in [2.05, 4.69) is 17.1 Å². The highest BCUT2D eigenvalue weighted by Crippen LogP contribution is 2.31. The number of rotatable bonds is 10. The molecule has 0 radical (unpaired) electrons. The van der Waals surface area contributed by atoms with Crippen molar-refractivity contribution in [2.75, 3.05) is 27.3 Å². The van der Waals surface area contributed by atoms with Gasteiger partial charge in [0, 0.05) is 25.1 Å². The molecule has 0 atom stereocenters. The molecule has 0 unspecified atom stereocenters. The van der Waals surface area contributed by atoms with Crippen LogP contribution < -0.4 is 9.47 Å². The molecule has 0 N–H and O–H groups in total. The molecule has 154 valence electrons. The number of benzene rings is 1. The Bertz CT molecular complexity index is 920. The van der Waals surface area contributed by atoms with Crippen LogP contribution in [-0.4, -0.2) is 48.3 Å². The van der Waals surface area contributed by atoms with E-state index in [-0.39, 0.29) is 5.91 Å². The number of hydrogen-bond donors (Lipinski definition) is 0. The monoisotopic (exact) mass is 399 g/mol. The predicted molar refractivity (Wildman–Crippen MR) is 106 cm³/mol. The van der Waals surface area contributed by atoms with Gasteiger partial charge in [0.25, 0.3) is 5.91 Å². The van der Waals surface area contributed by atoms with E-state index in [0.29, 0.717) is 48.5 Å². The minimum atomic E-state index is -0.136. The molecule has 0 aliphatic carbocycles. The third-order valence-corrected chi connectivity index (χ3v) is 4.51. The molecule has 2 heterocycles. The lowest BCUT2D eigenvalue weighted by molar-refractivity contribution is 0.0720. The zero-order valence-corrected chi connectivity index (χ0v) is 16.9. The molecule has 0 saturated carbocycles. The van der Waals surface area contributed by atoms with Crippen LogP contribution in [-0.2, 0) is 6.42 Å². The number of methoxy groups -OCH3 is 2. The van der Waals surface area contributed by atoms with Gasteiger partial charge in [-0.1, -0.05) is 18.5 Å². The van der Waals surface area contributed by atoms with Crippen molar-refractivity contribution in [3.63, 3.8) is 0 Å². The van der Waals surface area contributed by atoms with Gasteiger partial charge >= 0.3 is 0 Å². The molecule has 2 aromatic heterocycles. The normalized spacial score (nSPS) is 10.7. The first-order chi connectivity index (χ1) is 14.2. The summed E-state index contributed by atoms with van der Waals surface area (Å²) in [4.78, 5) is 18.8. The number of aromatic nitrogens is 2. The maximum atomic E-state index is 12.6. The second kappa shape index (κ2) is 9.77. The molecule has 3 rings (SSSR count). The van der Waals surface area contributed by atoms with Crippen molar-refractivity contribution in [2.45, 2.75) is 26.2 Å². The van der Waals surface area contributed by atoms with Gasteiger partial charge in [-0.25, -0.2) is 0 Å². The van der Waals surface area contributed by atoms with Crippen molar-refractivity contribution in [1.82, 2.24) is 15.0 Å². The van der Waals surface area contributed by atoms with Gasteiger partial charge in [0.1, 0.15) is 0 Å². The highest BCUT2D eigenvalue weighted by atomic mass is 16.5. The molecule has 0 spiro atoms. The SMILES string of the molecule is CCCCN(CCc1nc(-c2ccc(OC)c(OC)c2)no1)C(=O)c1ccco1. The summed E-state index contributed by atoms with van der Waals surface area (Å²) in [5.41, 5.74) is 0.757. The molecule has 0 aliphatic rings. The van der Waals surface area contributed by atoms with Gasteiger partial charge in [0.2, 0.25) is 11.7 Å². The Labute approximate surface area is 169 Å². The summed E-state index contributed by atoms with van der Waals surface area (Å²) in [7, 11) is 3.16. The van der Waals surface area contributed by atoms with Crippen molar-refractivity contribution in [2.24, 2.45) is 0 Å². The van der Waals surface area contributed by atoms with Crippen LogP contribution in [0, 0.1) is 0 Å². The number of carbonyl (C=O) groups is 1. The average molecular weight is 399 g/mol. The van der Waals surface area contributed by atoms with Gasteiger partial charge in [-0.05, 0) is 36.8 Å². The molecule has 0 aliphatic heterocycles. The lowest BCUT2D eigenvalue weighted by atomic mass is 10.2. The van der Waals surface area contributed by atoms with Crippen LogP contribution in [0.3, 0.4) is 0 Å². The van der Waals surface area contributed by atoms with Gasteiger partial charge in [-0.15, -0.1) is 0 Å². The molecule has 8 heteroatoms. The first-order valence-electron chi connectivity index (χ1n) is 9.54. The molecule has 0 saturated heterocycles. The van der Waals surface area contributed by atoms with Gasteiger partial charge in [0.15, 0.2) is 17.3 Å². The van der Waals surface area contributed by atoms with Crippen LogP contribution in [0.1, 0.15) is 36.2 Å². The maximum Gasteiger partial charge on any atom is 0.289 e. The first-order valence-corrected chi connectivity index (χ1v) is 9.54. The lowest BCUT2D eigenvalue weighted by Crippen LogP contribution is -2.33. The minimum Gasteiger partial charge on any atom is -0.493 e. The summed E-state index contributed by atoms with van der Waals surface area (Å²) >= 11 is 0. The minimum absolute atomic E-state index is 0.136. The van der Waals surface area contributed by atoms with Crippen LogP contribution in [0.5, 0.6) is 11.5 Å². The number of unbranched alkanes of at least 4 members (excludes halogenated alkanes) is 1. The molecular formula is C21H25N3O5. The fourth-order valence-corrected chi connectivity index (χ4v) is 2.90. The Morgan fingerprint density at radius 2 is 1.97 bits per heavy atom. The first kappa shape index (κ1) is 20.4. The van der Waals surface area contributed by atoms with Crippen LogP contribution >= 0.6 is 0 Å². The molecule has 0 bridgehead atoms. The Balaban J connectivity index is 1.69. The number of amides is 1. The lowest BCUT2D eigenvalue weighted by Gasteiger charge is -2.20. The smallest absolute Gasteiger partial charge is 0.289 e. The Morgan fingerprint density at radius 1 is 1.14 bits per heavy atom. The standard InChI is InChI=1S/C21H25N3O5/c1-4-5-11-24(21(25)17-7-6-13-28-17)12-10-19-22-20(23-29-19)15-8-9-16(26-2)18(14-15)27-3/h6-9,13-14H,4-5,10-12H2,1-3H3. The third-order valence-electron chi connectivity index (χ3n) is 4.51. The van der Waals surface area contributed by atoms with E-state index >= 15 is 0 Å². The summed E-state index contributed by atoms with van der Waals surface area (Å²) in [6.07, 6.45) is 3.86. The van der Waals surface area contributed by atoms with Crippen LogP contribution in [0.25, 0.3) is 11.4 Å². The Morgan fingerprint density at radius 3 is 2.66 bits per heavy atom. The van der Waals surface area contributed by atoms with E-state index in [1.807, 2.05) is 6.07 Å². The number of carbonyl (C=O) groups excluding carboxylic acids is 1. The second-order valence-corrected chi connectivity index (χ2v) is 6.45. The van der Waals surface area contributed by atoms with Crippen molar-refractivity contribution in [3.05, 3.63) is 48.2 Å². The number of hydrogen-bond acceptors (Lipinski definition) is 7. The van der Waals surface area contributed by atoms with Crippen LogP contribution in [0.2, 0.25) is 0 Å². The molecule has 0 fully saturated rings. The Kier molecular flexibility index (Phi) is 6.89. The van der Waals surface area contributed by atoms with E-state index in [1.165, 1.54) is 6.26 Å². The van der Waals surface area contributed by atoms with Crippen LogP contribution in [0.15, 0.2) is 45.5 Å². The number of furan rings is 1. The zero-order chi connectivity index (χ0) is 20.6. The summed E-state index contributed by atoms with van der Waals surface area (Å²) in [6, 6.07) is 8.80. The maximum absolute atomic E-state index is 12.6. The highest BCUT2D eigenvalue weighted by Gasteiger charge is 2.19. The van der Waals surface area contributed by atoms with Crippen molar-refractivity contribution >= 4 is 5.91 Å². The summed E-state index contributed by atoms with van der Waals surface area (Å²) < 4.78 is 21.2. The Hall–Kier alpha value is -3.29. The van der Waals surface area contributed by atoms with Crippen molar-refractivity contribution in [1.29, 1.82) is 0 Å². The number of nitrogens with zero attached hydrogens (tertiary/aromatic N) is 3. The fourth-order valence-electron chi connectivity index (χ4n) is 2.90. The molecule has 1 amide bonds. The highest BCUT2D eigenvalue weighted by molar-refractivity contribution is 5.91.